The van der Waals surface area contributed by atoms with Crippen molar-refractivity contribution < 1.29 is 9.47 Å². The predicted molar refractivity (Wildman–Crippen MR) is 119 cm³/mol. The highest BCUT2D eigenvalue weighted by Crippen LogP contribution is 2.47. The second-order valence-electron chi connectivity index (χ2n) is 6.98. The predicted octanol–water partition coefficient (Wildman–Crippen LogP) is 6.92. The number of rotatable bonds is 6. The van der Waals surface area contributed by atoms with Crippen LogP contribution in [0.2, 0.25) is 0 Å². The standard InChI is InChI=1S/C27H24O2/c1-20-18-24(22-14-8-4-9-15-22)25(23-16-10-5-11-17-23)27(28-2)26(20)29-19-21-12-6-3-7-13-21/h3-18H,19H2,1-2H3. The third-order valence-corrected chi connectivity index (χ3v) is 5.00. The van der Waals surface area contributed by atoms with E-state index in [-0.39, 0.29) is 0 Å². The van der Waals surface area contributed by atoms with Gasteiger partial charge in [-0.3, -0.25) is 0 Å². The SMILES string of the molecule is COc1c(OCc2ccccc2)c(C)cc(-c2ccccc2)c1-c1ccccc1. The molecule has 4 rings (SSSR count). The van der Waals surface area contributed by atoms with Gasteiger partial charge in [0.05, 0.1) is 7.11 Å². The van der Waals surface area contributed by atoms with Crippen LogP contribution in [0.25, 0.3) is 22.3 Å². The molecular weight excluding hydrogens is 356 g/mol. The fourth-order valence-corrected chi connectivity index (χ4v) is 3.61. The monoisotopic (exact) mass is 380 g/mol. The minimum absolute atomic E-state index is 0.497. The van der Waals surface area contributed by atoms with E-state index in [1.165, 1.54) is 0 Å². The van der Waals surface area contributed by atoms with Crippen molar-refractivity contribution in [2.45, 2.75) is 13.5 Å². The molecule has 0 radical (unpaired) electrons. The molecule has 0 saturated carbocycles. The Hall–Kier alpha value is -3.52. The van der Waals surface area contributed by atoms with Crippen molar-refractivity contribution in [2.24, 2.45) is 0 Å². The topological polar surface area (TPSA) is 18.5 Å². The first-order chi connectivity index (χ1) is 14.3. The molecule has 2 nitrogen and oxygen atoms in total. The molecule has 0 fully saturated rings. The molecule has 0 bridgehead atoms. The summed E-state index contributed by atoms with van der Waals surface area (Å²) < 4.78 is 12.2. The Bertz CT molecular complexity index is 1070. The fraction of sp³-hybridized carbons (Fsp3) is 0.111. The molecule has 0 spiro atoms. The van der Waals surface area contributed by atoms with Crippen LogP contribution in [0.15, 0.2) is 97.1 Å². The number of methoxy groups -OCH3 is 1. The molecule has 0 N–H and O–H groups in total. The van der Waals surface area contributed by atoms with Crippen LogP contribution in [0.4, 0.5) is 0 Å². The third-order valence-electron chi connectivity index (χ3n) is 5.00. The van der Waals surface area contributed by atoms with Crippen LogP contribution in [0.1, 0.15) is 11.1 Å². The lowest BCUT2D eigenvalue weighted by molar-refractivity contribution is 0.283. The maximum Gasteiger partial charge on any atom is 0.169 e. The van der Waals surface area contributed by atoms with E-state index in [1.54, 1.807) is 7.11 Å². The van der Waals surface area contributed by atoms with Crippen molar-refractivity contribution in [3.63, 3.8) is 0 Å². The van der Waals surface area contributed by atoms with E-state index in [0.29, 0.717) is 6.61 Å². The number of benzene rings is 4. The van der Waals surface area contributed by atoms with E-state index in [1.807, 2.05) is 42.5 Å². The van der Waals surface area contributed by atoms with Crippen LogP contribution in [0.5, 0.6) is 11.5 Å². The molecular formula is C27H24O2. The van der Waals surface area contributed by atoms with Gasteiger partial charge in [0.15, 0.2) is 11.5 Å². The molecule has 29 heavy (non-hydrogen) atoms. The molecule has 0 aliphatic rings. The average molecular weight is 380 g/mol. The maximum atomic E-state index is 6.27. The van der Waals surface area contributed by atoms with E-state index in [0.717, 1.165) is 44.9 Å². The van der Waals surface area contributed by atoms with Gasteiger partial charge in [0, 0.05) is 5.56 Å². The van der Waals surface area contributed by atoms with Gasteiger partial charge in [-0.25, -0.2) is 0 Å². The Kier molecular flexibility index (Phi) is 5.62. The van der Waals surface area contributed by atoms with Gasteiger partial charge in [-0.15, -0.1) is 0 Å². The molecule has 0 heterocycles. The Morgan fingerprint density at radius 3 is 1.79 bits per heavy atom. The Morgan fingerprint density at radius 1 is 0.655 bits per heavy atom. The van der Waals surface area contributed by atoms with Crippen LogP contribution in [-0.4, -0.2) is 7.11 Å². The molecule has 0 aliphatic carbocycles. The molecule has 0 unspecified atom stereocenters. The summed E-state index contributed by atoms with van der Waals surface area (Å²) in [6, 6.07) is 33.2. The molecule has 4 aromatic carbocycles. The van der Waals surface area contributed by atoms with E-state index in [9.17, 15) is 0 Å². The first-order valence-electron chi connectivity index (χ1n) is 9.77. The second-order valence-corrected chi connectivity index (χ2v) is 6.98. The number of hydrogen-bond acceptors (Lipinski definition) is 2. The zero-order valence-electron chi connectivity index (χ0n) is 16.8. The van der Waals surface area contributed by atoms with Gasteiger partial charge in [-0.2, -0.15) is 0 Å². The summed E-state index contributed by atoms with van der Waals surface area (Å²) >= 11 is 0. The van der Waals surface area contributed by atoms with Crippen LogP contribution >= 0.6 is 0 Å². The third kappa shape index (κ3) is 4.02. The molecule has 144 valence electrons. The zero-order chi connectivity index (χ0) is 20.1. The normalized spacial score (nSPS) is 10.6. The molecule has 2 heteroatoms. The van der Waals surface area contributed by atoms with E-state index < -0.39 is 0 Å². The quantitative estimate of drug-likeness (QED) is 0.361. The molecule has 0 saturated heterocycles. The highest BCUT2D eigenvalue weighted by atomic mass is 16.5. The summed E-state index contributed by atoms with van der Waals surface area (Å²) in [6.07, 6.45) is 0. The van der Waals surface area contributed by atoms with Gasteiger partial charge in [-0.1, -0.05) is 91.0 Å². The minimum Gasteiger partial charge on any atom is -0.492 e. The van der Waals surface area contributed by atoms with Gasteiger partial charge in [0.1, 0.15) is 6.61 Å². The zero-order valence-corrected chi connectivity index (χ0v) is 16.8. The summed E-state index contributed by atoms with van der Waals surface area (Å²) in [5.41, 5.74) is 6.62. The summed E-state index contributed by atoms with van der Waals surface area (Å²) in [7, 11) is 1.71. The smallest absolute Gasteiger partial charge is 0.169 e. The van der Waals surface area contributed by atoms with Crippen molar-refractivity contribution in [3.05, 3.63) is 108 Å². The lowest BCUT2D eigenvalue weighted by Crippen LogP contribution is -2.02. The van der Waals surface area contributed by atoms with E-state index >= 15 is 0 Å². The molecule has 0 amide bonds. The first kappa shape index (κ1) is 18.8. The minimum atomic E-state index is 0.497. The van der Waals surface area contributed by atoms with Crippen LogP contribution in [0, 0.1) is 6.92 Å². The highest BCUT2D eigenvalue weighted by molar-refractivity contribution is 5.90. The summed E-state index contributed by atoms with van der Waals surface area (Å²) in [4.78, 5) is 0. The Labute approximate surface area is 172 Å². The van der Waals surface area contributed by atoms with Gasteiger partial charge < -0.3 is 9.47 Å². The van der Waals surface area contributed by atoms with Gasteiger partial charge >= 0.3 is 0 Å². The van der Waals surface area contributed by atoms with Crippen LogP contribution in [0.3, 0.4) is 0 Å². The summed E-state index contributed by atoms with van der Waals surface area (Å²) in [6.45, 7) is 2.57. The Balaban J connectivity index is 1.87. The lowest BCUT2D eigenvalue weighted by Gasteiger charge is -2.21. The second kappa shape index (κ2) is 8.66. The first-order valence-corrected chi connectivity index (χ1v) is 9.77. The lowest BCUT2D eigenvalue weighted by atomic mass is 9.91. The number of aryl methyl sites for hydroxylation is 1. The van der Waals surface area contributed by atoms with Crippen molar-refractivity contribution in [3.8, 4) is 33.8 Å². The van der Waals surface area contributed by atoms with Crippen LogP contribution < -0.4 is 9.47 Å². The summed E-state index contributed by atoms with van der Waals surface area (Å²) in [5, 5.41) is 0. The molecule has 0 aliphatic heterocycles. The summed E-state index contributed by atoms with van der Waals surface area (Å²) in [5.74, 6) is 1.56. The molecule has 4 aromatic rings. The average Bonchev–Trinajstić information content (AvgIpc) is 2.79. The Morgan fingerprint density at radius 2 is 1.21 bits per heavy atom. The van der Waals surface area contributed by atoms with Crippen molar-refractivity contribution in [1.29, 1.82) is 0 Å². The van der Waals surface area contributed by atoms with E-state index in [2.05, 4.69) is 61.5 Å². The molecule has 0 atom stereocenters. The fourth-order valence-electron chi connectivity index (χ4n) is 3.61. The molecule has 0 aromatic heterocycles. The van der Waals surface area contributed by atoms with Crippen LogP contribution in [-0.2, 0) is 6.61 Å². The highest BCUT2D eigenvalue weighted by Gasteiger charge is 2.21. The largest absolute Gasteiger partial charge is 0.492 e. The maximum absolute atomic E-state index is 6.27. The van der Waals surface area contributed by atoms with Gasteiger partial charge in [0.2, 0.25) is 0 Å². The van der Waals surface area contributed by atoms with Crippen molar-refractivity contribution >= 4 is 0 Å². The van der Waals surface area contributed by atoms with E-state index in [4.69, 9.17) is 9.47 Å². The van der Waals surface area contributed by atoms with Crippen molar-refractivity contribution in [1.82, 2.24) is 0 Å². The van der Waals surface area contributed by atoms with Gasteiger partial charge in [0.25, 0.3) is 0 Å². The number of hydrogen-bond donors (Lipinski definition) is 0. The van der Waals surface area contributed by atoms with Crippen molar-refractivity contribution in [2.75, 3.05) is 7.11 Å². The van der Waals surface area contributed by atoms with Gasteiger partial charge in [-0.05, 0) is 40.8 Å². The number of ether oxygens (including phenoxy) is 2.